The van der Waals surface area contributed by atoms with Gasteiger partial charge in [-0.2, -0.15) is 5.10 Å². The van der Waals surface area contributed by atoms with Crippen LogP contribution in [0, 0.1) is 5.92 Å². The SMILES string of the molecule is Nc1cnc2c(CC3CCOC3)cnn2c1. The second-order valence-electron chi connectivity index (χ2n) is 4.26. The van der Waals surface area contributed by atoms with E-state index in [0.717, 1.165) is 31.7 Å². The Hall–Kier alpha value is -1.62. The van der Waals surface area contributed by atoms with Crippen molar-refractivity contribution in [1.82, 2.24) is 14.6 Å². The molecule has 5 nitrogen and oxygen atoms in total. The molecule has 16 heavy (non-hydrogen) atoms. The monoisotopic (exact) mass is 218 g/mol. The van der Waals surface area contributed by atoms with Crippen molar-refractivity contribution in [3.05, 3.63) is 24.2 Å². The molecule has 0 radical (unpaired) electrons. The molecule has 0 amide bonds. The first-order chi connectivity index (χ1) is 7.83. The Bertz CT molecular complexity index is 502. The van der Waals surface area contributed by atoms with Gasteiger partial charge in [-0.3, -0.25) is 0 Å². The molecule has 1 aliphatic heterocycles. The number of anilines is 1. The lowest BCUT2D eigenvalue weighted by Crippen LogP contribution is -2.04. The number of nitrogens with zero attached hydrogens (tertiary/aromatic N) is 3. The highest BCUT2D eigenvalue weighted by Gasteiger charge is 2.18. The van der Waals surface area contributed by atoms with Crippen LogP contribution in [0.15, 0.2) is 18.6 Å². The van der Waals surface area contributed by atoms with Gasteiger partial charge >= 0.3 is 0 Å². The van der Waals surface area contributed by atoms with Crippen molar-refractivity contribution < 1.29 is 4.74 Å². The average Bonchev–Trinajstić information content (AvgIpc) is 2.89. The van der Waals surface area contributed by atoms with E-state index in [1.54, 1.807) is 16.9 Å². The van der Waals surface area contributed by atoms with Crippen LogP contribution in [-0.4, -0.2) is 27.8 Å². The van der Waals surface area contributed by atoms with E-state index in [9.17, 15) is 0 Å². The number of hydrogen-bond donors (Lipinski definition) is 1. The minimum Gasteiger partial charge on any atom is -0.396 e. The molecule has 2 N–H and O–H groups in total. The highest BCUT2D eigenvalue weighted by atomic mass is 16.5. The van der Waals surface area contributed by atoms with E-state index in [2.05, 4.69) is 10.1 Å². The molecule has 0 saturated carbocycles. The summed E-state index contributed by atoms with van der Waals surface area (Å²) in [6.45, 7) is 1.73. The lowest BCUT2D eigenvalue weighted by atomic mass is 10.0. The van der Waals surface area contributed by atoms with E-state index < -0.39 is 0 Å². The molecule has 84 valence electrons. The summed E-state index contributed by atoms with van der Waals surface area (Å²) in [7, 11) is 0. The lowest BCUT2D eigenvalue weighted by molar-refractivity contribution is 0.186. The fraction of sp³-hybridized carbons (Fsp3) is 0.455. The zero-order valence-corrected chi connectivity index (χ0v) is 8.97. The highest BCUT2D eigenvalue weighted by Crippen LogP contribution is 2.20. The van der Waals surface area contributed by atoms with Crippen molar-refractivity contribution in [3.63, 3.8) is 0 Å². The summed E-state index contributed by atoms with van der Waals surface area (Å²) < 4.78 is 7.11. The van der Waals surface area contributed by atoms with Crippen molar-refractivity contribution in [1.29, 1.82) is 0 Å². The molecule has 1 unspecified atom stereocenters. The Morgan fingerprint density at radius 1 is 1.50 bits per heavy atom. The number of nitrogen functional groups attached to an aromatic ring is 1. The summed E-state index contributed by atoms with van der Waals surface area (Å²) in [6, 6.07) is 0. The Kier molecular flexibility index (Phi) is 2.25. The van der Waals surface area contributed by atoms with Gasteiger partial charge in [-0.1, -0.05) is 0 Å². The van der Waals surface area contributed by atoms with Crippen molar-refractivity contribution in [2.24, 2.45) is 5.92 Å². The second-order valence-corrected chi connectivity index (χ2v) is 4.26. The Morgan fingerprint density at radius 2 is 2.44 bits per heavy atom. The van der Waals surface area contributed by atoms with Gasteiger partial charge in [-0.15, -0.1) is 0 Å². The second kappa shape index (κ2) is 3.75. The summed E-state index contributed by atoms with van der Waals surface area (Å²) in [5, 5.41) is 4.25. The first-order valence-corrected chi connectivity index (χ1v) is 5.48. The standard InChI is InChI=1S/C11H14N4O/c12-10-5-13-11-9(4-14-15(11)6-10)3-8-1-2-16-7-8/h4-6,8H,1-3,7,12H2. The number of fused-ring (bicyclic) bond motifs is 1. The zero-order valence-electron chi connectivity index (χ0n) is 8.97. The van der Waals surface area contributed by atoms with Gasteiger partial charge in [0.1, 0.15) is 0 Å². The quantitative estimate of drug-likeness (QED) is 0.813. The smallest absolute Gasteiger partial charge is 0.158 e. The van der Waals surface area contributed by atoms with E-state index in [0.29, 0.717) is 11.6 Å². The summed E-state index contributed by atoms with van der Waals surface area (Å²) in [5.74, 6) is 0.604. The number of ether oxygens (including phenoxy) is 1. The average molecular weight is 218 g/mol. The molecule has 2 aromatic heterocycles. The van der Waals surface area contributed by atoms with E-state index in [1.807, 2.05) is 6.20 Å². The van der Waals surface area contributed by atoms with Gasteiger partial charge in [0.2, 0.25) is 0 Å². The molecule has 1 aliphatic rings. The van der Waals surface area contributed by atoms with Gasteiger partial charge in [-0.25, -0.2) is 9.50 Å². The minimum atomic E-state index is 0.604. The van der Waals surface area contributed by atoms with Crippen LogP contribution < -0.4 is 5.73 Å². The fourth-order valence-corrected chi connectivity index (χ4v) is 2.14. The van der Waals surface area contributed by atoms with Crippen molar-refractivity contribution in [3.8, 4) is 0 Å². The van der Waals surface area contributed by atoms with Gasteiger partial charge in [0.25, 0.3) is 0 Å². The van der Waals surface area contributed by atoms with Crippen LogP contribution in [0.5, 0.6) is 0 Å². The molecule has 3 heterocycles. The van der Waals surface area contributed by atoms with Gasteiger partial charge < -0.3 is 10.5 Å². The maximum Gasteiger partial charge on any atom is 0.158 e. The molecular weight excluding hydrogens is 204 g/mol. The summed E-state index contributed by atoms with van der Waals surface area (Å²) in [4.78, 5) is 4.32. The zero-order chi connectivity index (χ0) is 11.0. The minimum absolute atomic E-state index is 0.604. The molecule has 1 atom stereocenters. The first kappa shape index (κ1) is 9.59. The topological polar surface area (TPSA) is 65.4 Å². The van der Waals surface area contributed by atoms with Crippen molar-refractivity contribution in [2.75, 3.05) is 18.9 Å². The predicted octanol–water partition coefficient (Wildman–Crippen LogP) is 0.890. The summed E-state index contributed by atoms with van der Waals surface area (Å²) in [6.07, 6.45) is 7.45. The molecule has 1 fully saturated rings. The number of hydrogen-bond acceptors (Lipinski definition) is 4. The Labute approximate surface area is 93.2 Å². The van der Waals surface area contributed by atoms with Gasteiger partial charge in [0.15, 0.2) is 5.65 Å². The third-order valence-corrected chi connectivity index (χ3v) is 2.98. The van der Waals surface area contributed by atoms with Crippen LogP contribution in [0.1, 0.15) is 12.0 Å². The van der Waals surface area contributed by atoms with Gasteiger partial charge in [0, 0.05) is 18.8 Å². The van der Waals surface area contributed by atoms with Crippen LogP contribution in [0.25, 0.3) is 5.65 Å². The van der Waals surface area contributed by atoms with Gasteiger partial charge in [-0.05, 0) is 18.8 Å². The third-order valence-electron chi connectivity index (χ3n) is 2.98. The van der Waals surface area contributed by atoms with Gasteiger partial charge in [0.05, 0.1) is 24.3 Å². The summed E-state index contributed by atoms with van der Waals surface area (Å²) >= 11 is 0. The molecule has 3 rings (SSSR count). The molecule has 5 heteroatoms. The van der Waals surface area contributed by atoms with Crippen LogP contribution >= 0.6 is 0 Å². The molecular formula is C11H14N4O. The molecule has 0 aromatic carbocycles. The maximum absolute atomic E-state index is 5.65. The number of rotatable bonds is 2. The normalized spacial score (nSPS) is 20.6. The molecule has 2 aromatic rings. The third kappa shape index (κ3) is 1.63. The fourth-order valence-electron chi connectivity index (χ4n) is 2.14. The Morgan fingerprint density at radius 3 is 3.25 bits per heavy atom. The lowest BCUT2D eigenvalue weighted by Gasteiger charge is -2.04. The Balaban J connectivity index is 1.91. The summed E-state index contributed by atoms with van der Waals surface area (Å²) in [5.41, 5.74) is 8.36. The highest BCUT2D eigenvalue weighted by molar-refractivity contribution is 5.49. The van der Waals surface area contributed by atoms with Crippen molar-refractivity contribution >= 4 is 11.3 Å². The van der Waals surface area contributed by atoms with Crippen LogP contribution in [0.4, 0.5) is 5.69 Å². The largest absolute Gasteiger partial charge is 0.396 e. The predicted molar refractivity (Wildman–Crippen MR) is 60.0 cm³/mol. The van der Waals surface area contributed by atoms with E-state index in [-0.39, 0.29) is 0 Å². The number of nitrogens with two attached hydrogens (primary N) is 1. The molecule has 0 aliphatic carbocycles. The number of aromatic nitrogens is 3. The van der Waals surface area contributed by atoms with Crippen LogP contribution in [0.3, 0.4) is 0 Å². The van der Waals surface area contributed by atoms with E-state index >= 15 is 0 Å². The van der Waals surface area contributed by atoms with E-state index in [1.165, 1.54) is 5.56 Å². The van der Waals surface area contributed by atoms with E-state index in [4.69, 9.17) is 10.5 Å². The van der Waals surface area contributed by atoms with Crippen molar-refractivity contribution in [2.45, 2.75) is 12.8 Å². The molecule has 1 saturated heterocycles. The molecule has 0 bridgehead atoms. The maximum atomic E-state index is 5.65. The first-order valence-electron chi connectivity index (χ1n) is 5.48. The van der Waals surface area contributed by atoms with Crippen LogP contribution in [-0.2, 0) is 11.2 Å². The van der Waals surface area contributed by atoms with Crippen LogP contribution in [0.2, 0.25) is 0 Å². The molecule has 0 spiro atoms.